The molecule has 0 fully saturated rings. The fourth-order valence-corrected chi connectivity index (χ4v) is 0. The first-order valence-electron chi connectivity index (χ1n) is 0.725. The summed E-state index contributed by atoms with van der Waals surface area (Å²) in [7, 11) is 3.85. The second-order valence-electron chi connectivity index (χ2n) is 0.594. The van der Waals surface area contributed by atoms with E-state index in [1.165, 1.54) is 0 Å². The van der Waals surface area contributed by atoms with Crippen molar-refractivity contribution in [1.29, 1.82) is 0 Å². The van der Waals surface area contributed by atoms with E-state index in [-0.39, 0.29) is 5.48 Å². The van der Waals surface area contributed by atoms with E-state index in [2.05, 4.69) is 9.69 Å². The molecule has 0 spiro atoms. The van der Waals surface area contributed by atoms with E-state index in [1.54, 1.807) is 0 Å². The molecule has 5 nitrogen and oxygen atoms in total. The van der Waals surface area contributed by atoms with E-state index in [9.17, 15) is 0 Å². The molecule has 0 aromatic carbocycles. The van der Waals surface area contributed by atoms with Crippen LogP contribution in [0.3, 0.4) is 0 Å². The zero-order valence-corrected chi connectivity index (χ0v) is 5.40. The van der Waals surface area contributed by atoms with Crippen LogP contribution in [0.1, 0.15) is 0 Å². The predicted molar refractivity (Wildman–Crippen MR) is 13.7 cm³/mol. The summed E-state index contributed by atoms with van der Waals surface area (Å²) < 4.78 is 34.5. The maximum atomic E-state index is 9.07. The summed E-state index contributed by atoms with van der Waals surface area (Å²) in [5, 5.41) is 0. The van der Waals surface area contributed by atoms with Crippen LogP contribution < -0.4 is 0 Å². The van der Waals surface area contributed by atoms with Gasteiger partial charge in [-0.05, 0) is 0 Å². The number of hydrogen-bond donors (Lipinski definition) is 1. The topological polar surface area (TPSA) is 103 Å². The molecule has 7 heteroatoms. The van der Waals surface area contributed by atoms with Gasteiger partial charge >= 0.3 is 37.2 Å². The summed E-state index contributed by atoms with van der Waals surface area (Å²) in [5.41, 5.74) is 0. The van der Waals surface area contributed by atoms with Crippen molar-refractivity contribution < 1.29 is 33.0 Å². The van der Waals surface area contributed by atoms with Gasteiger partial charge < -0.3 is 5.48 Å². The molecule has 0 heterocycles. The fraction of sp³-hybridized carbons (Fsp3) is 0. The molecule has 0 amide bonds. The van der Waals surface area contributed by atoms with Crippen LogP contribution >= 0.6 is 9.69 Å². The Kier molecular flexibility index (Phi) is 2.39. The van der Waals surface area contributed by atoms with Gasteiger partial charge in [-0.25, -0.2) is 0 Å². The quantitative estimate of drug-likeness (QED) is 0.525. The Balaban J connectivity index is 0. The third-order valence-electron chi connectivity index (χ3n) is 0. The molecule has 3 N–H and O–H groups in total. The molecule has 0 atom stereocenters. The van der Waals surface area contributed by atoms with Gasteiger partial charge in [0.25, 0.3) is 0 Å². The van der Waals surface area contributed by atoms with Crippen LogP contribution in [-0.4, -0.2) is 9.41 Å². The van der Waals surface area contributed by atoms with Crippen molar-refractivity contribution in [3.63, 3.8) is 0 Å². The summed E-state index contributed by atoms with van der Waals surface area (Å²) in [6.45, 7) is 0. The minimum absolute atomic E-state index is 0. The van der Waals surface area contributed by atoms with Crippen molar-refractivity contribution in [2.45, 2.75) is 0 Å². The molecular weight excluding hydrogens is 217 g/mol. The van der Waals surface area contributed by atoms with Gasteiger partial charge in [0.05, 0.1) is 0 Å². The second kappa shape index (κ2) is 1.63. The zero-order valence-electron chi connectivity index (χ0n) is 2.90. The van der Waals surface area contributed by atoms with Gasteiger partial charge in [0.15, 0.2) is 0 Å². The van der Waals surface area contributed by atoms with Crippen LogP contribution in [0.2, 0.25) is 0 Å². The minimum atomic E-state index is -6.75. The first kappa shape index (κ1) is 10.3. The molecule has 7 heavy (non-hydrogen) atoms. The molecule has 0 bridgehead atoms. The molecule has 0 aromatic heterocycles. The Labute approximate surface area is 43.2 Å². The average molecular weight is 220 g/mol. The Morgan fingerprint density at radius 2 is 1.29 bits per heavy atom. The molecule has 0 aliphatic heterocycles. The SMILES string of the molecule is O.[O]=[Ru](=[O])(=[O])([OH])[Cl]. The molecule has 0 aliphatic rings. The summed E-state index contributed by atoms with van der Waals surface area (Å²) in [5.74, 6) is 0. The van der Waals surface area contributed by atoms with E-state index in [4.69, 9.17) is 14.7 Å². The van der Waals surface area contributed by atoms with Crippen molar-refractivity contribution in [3.8, 4) is 0 Å². The Morgan fingerprint density at radius 3 is 1.29 bits per heavy atom. The first-order chi connectivity index (χ1) is 2.24. The normalized spacial score (nSPS) is 16.0. The fourth-order valence-electron chi connectivity index (χ4n) is 0. The predicted octanol–water partition coefficient (Wildman–Crippen LogP) is -1.05. The van der Waals surface area contributed by atoms with E-state index in [1.807, 2.05) is 0 Å². The molecule has 0 aromatic rings. The molecule has 0 unspecified atom stereocenters. The van der Waals surface area contributed by atoms with Crippen LogP contribution in [0.5, 0.6) is 0 Å². The standard InChI is InChI=1S/ClH.2H2O.3O.Ru/h1H;2*1H2;;;;/q;;;;;;+2/p-2. The first-order valence-corrected chi connectivity index (χ1v) is 5.87. The number of hydrogen-bond acceptors (Lipinski definition) is 3. The number of halogens is 1. The maximum absolute atomic E-state index is 9.07. The third-order valence-corrected chi connectivity index (χ3v) is 0. The summed E-state index contributed by atoms with van der Waals surface area (Å²) in [4.78, 5) is 0. The van der Waals surface area contributed by atoms with E-state index < -0.39 is 12.8 Å². The monoisotopic (exact) mass is 220 g/mol. The van der Waals surface area contributed by atoms with E-state index >= 15 is 0 Å². The van der Waals surface area contributed by atoms with E-state index in [0.29, 0.717) is 0 Å². The Bertz CT molecular complexity index is 186. The Morgan fingerprint density at radius 1 is 1.29 bits per heavy atom. The van der Waals surface area contributed by atoms with Crippen molar-refractivity contribution in [1.82, 2.24) is 0 Å². The average Bonchev–Trinajstić information content (AvgIpc) is 0.650. The van der Waals surface area contributed by atoms with E-state index in [0.717, 1.165) is 0 Å². The summed E-state index contributed by atoms with van der Waals surface area (Å²) in [6.07, 6.45) is 0. The zero-order chi connectivity index (χ0) is 5.45. The van der Waals surface area contributed by atoms with Crippen LogP contribution in [0, 0.1) is 0 Å². The van der Waals surface area contributed by atoms with Crippen molar-refractivity contribution in [2.75, 3.05) is 0 Å². The van der Waals surface area contributed by atoms with Gasteiger partial charge in [-0.15, -0.1) is 0 Å². The van der Waals surface area contributed by atoms with Gasteiger partial charge in [0.1, 0.15) is 0 Å². The molecule has 0 aliphatic carbocycles. The van der Waals surface area contributed by atoms with Gasteiger partial charge in [-0.1, -0.05) is 0 Å². The van der Waals surface area contributed by atoms with Gasteiger partial charge in [0, 0.05) is 0 Å². The summed E-state index contributed by atoms with van der Waals surface area (Å²) >= 11 is -6.75. The van der Waals surface area contributed by atoms with Crippen molar-refractivity contribution in [3.05, 3.63) is 0 Å². The van der Waals surface area contributed by atoms with Crippen molar-refractivity contribution >= 4 is 9.69 Å². The van der Waals surface area contributed by atoms with Crippen LogP contribution in [0.25, 0.3) is 0 Å². The van der Waals surface area contributed by atoms with Crippen LogP contribution in [0.4, 0.5) is 0 Å². The third kappa shape index (κ3) is 2050. The molecular formula is H3ClO5Ru. The van der Waals surface area contributed by atoms with Gasteiger partial charge in [-0.3, -0.25) is 0 Å². The van der Waals surface area contributed by atoms with Crippen molar-refractivity contribution in [2.24, 2.45) is 0 Å². The number of rotatable bonds is 0. The van der Waals surface area contributed by atoms with Crippen LogP contribution in [0.15, 0.2) is 0 Å². The molecule has 0 radical (unpaired) electrons. The molecule has 48 valence electrons. The van der Waals surface area contributed by atoms with Gasteiger partial charge in [-0.2, -0.15) is 0 Å². The summed E-state index contributed by atoms with van der Waals surface area (Å²) in [6, 6.07) is 0. The van der Waals surface area contributed by atoms with Gasteiger partial charge in [0.2, 0.25) is 0 Å². The molecule has 0 rings (SSSR count). The molecule has 0 saturated heterocycles. The molecule has 0 saturated carbocycles. The van der Waals surface area contributed by atoms with Crippen LogP contribution in [-0.2, 0) is 23.5 Å². The Hall–Kier alpha value is 0.233. The second-order valence-corrected chi connectivity index (χ2v) is 6.16.